The average molecular weight is 418 g/mol. The molecule has 1 amide bonds. The number of sulfonamides is 1. The smallest absolute Gasteiger partial charge is 0.263 e. The zero-order valence-corrected chi connectivity index (χ0v) is 17.4. The van der Waals surface area contributed by atoms with E-state index in [0.29, 0.717) is 17.5 Å². The molecule has 1 aliphatic heterocycles. The number of carbonyl (C=O) groups is 1. The van der Waals surface area contributed by atoms with Gasteiger partial charge in [-0.2, -0.15) is 0 Å². The molecule has 0 bridgehead atoms. The Balaban J connectivity index is 1.92. The number of halogens is 1. The summed E-state index contributed by atoms with van der Waals surface area (Å²) in [5.74, 6) is -0.636. The number of amidine groups is 1. The van der Waals surface area contributed by atoms with Gasteiger partial charge in [-0.1, -0.05) is 50.6 Å². The van der Waals surface area contributed by atoms with Crippen molar-refractivity contribution >= 4 is 21.8 Å². The van der Waals surface area contributed by atoms with Crippen LogP contribution in [0.2, 0.25) is 0 Å². The Morgan fingerprint density at radius 3 is 2.52 bits per heavy atom. The van der Waals surface area contributed by atoms with Crippen LogP contribution in [0.4, 0.5) is 4.39 Å². The van der Waals surface area contributed by atoms with Crippen molar-refractivity contribution in [2.24, 2.45) is 10.9 Å². The van der Waals surface area contributed by atoms with Gasteiger partial charge in [-0.05, 0) is 24.1 Å². The molecule has 0 radical (unpaired) electrons. The van der Waals surface area contributed by atoms with Crippen molar-refractivity contribution in [3.05, 3.63) is 65.5 Å². The molecule has 0 aromatic heterocycles. The highest BCUT2D eigenvalue weighted by Gasteiger charge is 2.34. The van der Waals surface area contributed by atoms with Crippen molar-refractivity contribution in [1.82, 2.24) is 9.62 Å². The van der Waals surface area contributed by atoms with E-state index in [0.717, 1.165) is 0 Å². The number of hydrogen-bond acceptors (Lipinski definition) is 4. The number of likely N-dealkylation sites (N-methyl/N-ethyl adjacent to an activating group) is 1. The summed E-state index contributed by atoms with van der Waals surface area (Å²) in [5.41, 5.74) is 0.858. The van der Waals surface area contributed by atoms with Crippen molar-refractivity contribution in [3.8, 4) is 0 Å². The summed E-state index contributed by atoms with van der Waals surface area (Å²) in [4.78, 5) is 19.2. The minimum absolute atomic E-state index is 0.103. The Morgan fingerprint density at radius 1 is 1.17 bits per heavy atom. The van der Waals surface area contributed by atoms with Gasteiger partial charge in [-0.3, -0.25) is 14.5 Å². The van der Waals surface area contributed by atoms with Crippen molar-refractivity contribution in [2.75, 3.05) is 7.05 Å². The van der Waals surface area contributed by atoms with E-state index in [2.05, 4.69) is 9.71 Å². The molecule has 154 valence electrons. The molecule has 0 saturated carbocycles. The van der Waals surface area contributed by atoms with Crippen LogP contribution in [-0.4, -0.2) is 38.2 Å². The molecule has 0 fully saturated rings. The quantitative estimate of drug-likeness (QED) is 0.785. The fraction of sp³-hybridized carbons (Fsp3) is 0.333. The predicted octanol–water partition coefficient (Wildman–Crippen LogP) is 2.94. The van der Waals surface area contributed by atoms with Crippen molar-refractivity contribution in [2.45, 2.75) is 37.8 Å². The second-order valence-corrected chi connectivity index (χ2v) is 8.85. The predicted molar refractivity (Wildman–Crippen MR) is 109 cm³/mol. The fourth-order valence-electron chi connectivity index (χ4n) is 3.20. The number of rotatable bonds is 6. The van der Waals surface area contributed by atoms with Crippen LogP contribution in [-0.2, 0) is 21.4 Å². The lowest BCUT2D eigenvalue weighted by atomic mass is 9.98. The lowest BCUT2D eigenvalue weighted by molar-refractivity contribution is -0.132. The Kier molecular flexibility index (Phi) is 6.02. The van der Waals surface area contributed by atoms with Gasteiger partial charge in [-0.25, -0.2) is 12.8 Å². The van der Waals surface area contributed by atoms with Crippen LogP contribution < -0.4 is 4.72 Å². The maximum Gasteiger partial charge on any atom is 0.263 e. The molecular weight excluding hydrogens is 393 g/mol. The third-order valence-corrected chi connectivity index (χ3v) is 6.51. The monoisotopic (exact) mass is 417 g/mol. The van der Waals surface area contributed by atoms with E-state index in [9.17, 15) is 17.6 Å². The van der Waals surface area contributed by atoms with Crippen molar-refractivity contribution < 1.29 is 17.6 Å². The van der Waals surface area contributed by atoms with E-state index in [4.69, 9.17) is 0 Å². The fourth-order valence-corrected chi connectivity index (χ4v) is 4.44. The van der Waals surface area contributed by atoms with Crippen LogP contribution in [0.5, 0.6) is 0 Å². The average Bonchev–Trinajstić information content (AvgIpc) is 2.97. The summed E-state index contributed by atoms with van der Waals surface area (Å²) in [5, 5.41) is 0. The van der Waals surface area contributed by atoms with Crippen LogP contribution in [0, 0.1) is 11.7 Å². The van der Waals surface area contributed by atoms with Crippen LogP contribution in [0.15, 0.2) is 58.4 Å². The molecule has 0 aliphatic carbocycles. The Bertz CT molecular complexity index is 1050. The Hall–Kier alpha value is -2.74. The number of carbonyl (C=O) groups excluding carboxylic acids is 1. The highest BCUT2D eigenvalue weighted by atomic mass is 32.2. The van der Waals surface area contributed by atoms with E-state index in [-0.39, 0.29) is 34.9 Å². The van der Waals surface area contributed by atoms with E-state index < -0.39 is 16.1 Å². The SMILES string of the molecule is CC[C@H](C)[C@H](N=C1NS(=O)(=O)c2ccccc21)C(=O)N(C)Cc1ccccc1F. The number of benzene rings is 2. The summed E-state index contributed by atoms with van der Waals surface area (Å²) < 4.78 is 41.1. The number of nitrogens with zero attached hydrogens (tertiary/aromatic N) is 2. The maximum atomic E-state index is 14.0. The van der Waals surface area contributed by atoms with E-state index in [1.807, 2.05) is 13.8 Å². The summed E-state index contributed by atoms with van der Waals surface area (Å²) in [6.45, 7) is 3.93. The molecule has 0 spiro atoms. The van der Waals surface area contributed by atoms with Gasteiger partial charge < -0.3 is 4.90 Å². The molecule has 1 heterocycles. The minimum Gasteiger partial charge on any atom is -0.339 e. The second-order valence-electron chi connectivity index (χ2n) is 7.20. The van der Waals surface area contributed by atoms with Gasteiger partial charge in [0.15, 0.2) is 0 Å². The zero-order valence-electron chi connectivity index (χ0n) is 16.6. The zero-order chi connectivity index (χ0) is 21.2. The van der Waals surface area contributed by atoms with Crippen LogP contribution in [0.3, 0.4) is 0 Å². The molecular formula is C21H24FN3O3S. The molecule has 3 rings (SSSR count). The number of nitrogens with one attached hydrogen (secondary N) is 1. The van der Waals surface area contributed by atoms with E-state index in [1.54, 1.807) is 43.4 Å². The van der Waals surface area contributed by atoms with Gasteiger partial charge in [0.1, 0.15) is 17.7 Å². The summed E-state index contributed by atoms with van der Waals surface area (Å²) in [7, 11) is -2.09. The maximum absolute atomic E-state index is 14.0. The van der Waals surface area contributed by atoms with Crippen molar-refractivity contribution in [3.63, 3.8) is 0 Å². The first-order valence-electron chi connectivity index (χ1n) is 9.43. The van der Waals surface area contributed by atoms with Crippen LogP contribution >= 0.6 is 0 Å². The molecule has 1 N–H and O–H groups in total. The van der Waals surface area contributed by atoms with Crippen LogP contribution in [0.1, 0.15) is 31.4 Å². The first-order valence-corrected chi connectivity index (χ1v) is 10.9. The molecule has 29 heavy (non-hydrogen) atoms. The summed E-state index contributed by atoms with van der Waals surface area (Å²) in [6, 6.07) is 12.0. The van der Waals surface area contributed by atoms with Gasteiger partial charge in [-0.15, -0.1) is 0 Å². The topological polar surface area (TPSA) is 78.8 Å². The summed E-state index contributed by atoms with van der Waals surface area (Å²) >= 11 is 0. The Labute approximate surface area is 170 Å². The first kappa shape index (κ1) is 21.0. The Morgan fingerprint density at radius 2 is 1.83 bits per heavy atom. The minimum atomic E-state index is -3.69. The highest BCUT2D eigenvalue weighted by Crippen LogP contribution is 2.24. The summed E-state index contributed by atoms with van der Waals surface area (Å²) in [6.07, 6.45) is 0.676. The van der Waals surface area contributed by atoms with E-state index in [1.165, 1.54) is 17.0 Å². The van der Waals surface area contributed by atoms with Crippen LogP contribution in [0.25, 0.3) is 0 Å². The number of fused-ring (bicyclic) bond motifs is 1. The molecule has 2 atom stereocenters. The lowest BCUT2D eigenvalue weighted by Crippen LogP contribution is -2.40. The third kappa shape index (κ3) is 4.32. The van der Waals surface area contributed by atoms with Gasteiger partial charge in [0.25, 0.3) is 10.0 Å². The number of amides is 1. The highest BCUT2D eigenvalue weighted by molar-refractivity contribution is 7.90. The first-order chi connectivity index (χ1) is 13.7. The molecule has 2 aromatic rings. The molecule has 0 unspecified atom stereocenters. The number of aliphatic imine (C=N–C) groups is 1. The van der Waals surface area contributed by atoms with Gasteiger partial charge >= 0.3 is 0 Å². The molecule has 6 nitrogen and oxygen atoms in total. The van der Waals surface area contributed by atoms with Gasteiger partial charge in [0.2, 0.25) is 5.91 Å². The molecule has 2 aromatic carbocycles. The molecule has 1 aliphatic rings. The second kappa shape index (κ2) is 8.32. The van der Waals surface area contributed by atoms with E-state index >= 15 is 0 Å². The van der Waals surface area contributed by atoms with Crippen molar-refractivity contribution in [1.29, 1.82) is 0 Å². The normalized spacial score (nSPS) is 18.0. The lowest BCUT2D eigenvalue weighted by Gasteiger charge is -2.25. The molecule has 0 saturated heterocycles. The van der Waals surface area contributed by atoms with Gasteiger partial charge in [0, 0.05) is 24.7 Å². The standard InChI is InChI=1S/C21H24FN3O3S/c1-4-14(2)19(21(26)25(3)13-15-9-5-7-11-17(15)22)23-20-16-10-6-8-12-18(16)29(27,28)24-20/h5-12,14,19H,4,13H2,1-3H3,(H,23,24)/t14-,19-/m0/s1. The molecule has 8 heteroatoms. The van der Waals surface area contributed by atoms with Gasteiger partial charge in [0.05, 0.1) is 4.90 Å². The third-order valence-electron chi connectivity index (χ3n) is 5.11. The largest absolute Gasteiger partial charge is 0.339 e. The number of hydrogen-bond donors (Lipinski definition) is 1.